The number of rotatable bonds is 3. The lowest BCUT2D eigenvalue weighted by Gasteiger charge is -2.18. The molecule has 1 aromatic rings. The van der Waals surface area contributed by atoms with Gasteiger partial charge in [0.15, 0.2) is 0 Å². The molecular formula is C14H19NO5S. The van der Waals surface area contributed by atoms with Crippen molar-refractivity contribution < 1.29 is 23.4 Å². The highest BCUT2D eigenvalue weighted by atomic mass is 32.2. The van der Waals surface area contributed by atoms with Crippen LogP contribution in [-0.4, -0.2) is 42.0 Å². The highest BCUT2D eigenvalue weighted by molar-refractivity contribution is 7.89. The summed E-state index contributed by atoms with van der Waals surface area (Å²) in [6.07, 6.45) is 0. The van der Waals surface area contributed by atoms with Crippen molar-refractivity contribution in [3.63, 3.8) is 0 Å². The molecule has 2 atom stereocenters. The molecule has 21 heavy (non-hydrogen) atoms. The third-order valence-electron chi connectivity index (χ3n) is 4.10. The number of hydrogen-bond acceptors (Lipinski definition) is 4. The number of aryl methyl sites for hydroxylation is 1. The lowest BCUT2D eigenvalue weighted by molar-refractivity contribution is 0.0693. The van der Waals surface area contributed by atoms with Gasteiger partial charge in [0.2, 0.25) is 10.0 Å². The molecule has 2 rings (SSSR count). The number of carboxylic acid groups (broad SMARTS) is 1. The van der Waals surface area contributed by atoms with E-state index in [1.165, 1.54) is 10.4 Å². The van der Waals surface area contributed by atoms with Gasteiger partial charge in [-0.25, -0.2) is 13.2 Å². The predicted octanol–water partition coefficient (Wildman–Crippen LogP) is 1.68. The Hall–Kier alpha value is -1.60. The molecule has 1 aliphatic heterocycles. The van der Waals surface area contributed by atoms with Crippen LogP contribution in [0, 0.1) is 18.8 Å². The quantitative estimate of drug-likeness (QED) is 0.885. The Morgan fingerprint density at radius 2 is 1.76 bits per heavy atom. The zero-order chi connectivity index (χ0) is 15.9. The minimum atomic E-state index is -3.75. The van der Waals surface area contributed by atoms with Crippen LogP contribution >= 0.6 is 0 Å². The van der Waals surface area contributed by atoms with Gasteiger partial charge in [0, 0.05) is 13.1 Å². The summed E-state index contributed by atoms with van der Waals surface area (Å²) < 4.78 is 26.8. The molecule has 0 aromatic heterocycles. The van der Waals surface area contributed by atoms with E-state index in [1.807, 2.05) is 13.8 Å². The van der Waals surface area contributed by atoms with Crippen molar-refractivity contribution in [2.45, 2.75) is 25.7 Å². The van der Waals surface area contributed by atoms with Crippen molar-refractivity contribution in [1.82, 2.24) is 4.31 Å². The summed E-state index contributed by atoms with van der Waals surface area (Å²) >= 11 is 0. The van der Waals surface area contributed by atoms with E-state index in [9.17, 15) is 18.3 Å². The predicted molar refractivity (Wildman–Crippen MR) is 76.9 cm³/mol. The summed E-state index contributed by atoms with van der Waals surface area (Å²) in [5.74, 6) is -1.26. The van der Waals surface area contributed by atoms with E-state index in [4.69, 9.17) is 5.11 Å². The normalized spacial score (nSPS) is 23.4. The maximum Gasteiger partial charge on any atom is 0.339 e. The minimum absolute atomic E-state index is 0.0565. The van der Waals surface area contributed by atoms with Gasteiger partial charge in [0.25, 0.3) is 0 Å². The first-order valence-electron chi connectivity index (χ1n) is 6.71. The Morgan fingerprint density at radius 1 is 1.24 bits per heavy atom. The number of sulfonamides is 1. The summed E-state index contributed by atoms with van der Waals surface area (Å²) in [6.45, 7) is 6.37. The molecule has 2 N–H and O–H groups in total. The Balaban J connectivity index is 2.50. The molecule has 116 valence electrons. The average molecular weight is 313 g/mol. The molecule has 0 radical (unpaired) electrons. The van der Waals surface area contributed by atoms with Gasteiger partial charge in [-0.3, -0.25) is 0 Å². The first-order chi connectivity index (χ1) is 9.64. The fraction of sp³-hybridized carbons (Fsp3) is 0.500. The van der Waals surface area contributed by atoms with Gasteiger partial charge in [0.1, 0.15) is 11.3 Å². The molecule has 7 heteroatoms. The fourth-order valence-corrected chi connectivity index (χ4v) is 4.41. The number of carboxylic acids is 1. The third kappa shape index (κ3) is 2.75. The van der Waals surface area contributed by atoms with Crippen LogP contribution in [0.15, 0.2) is 17.0 Å². The van der Waals surface area contributed by atoms with Gasteiger partial charge in [-0.1, -0.05) is 13.8 Å². The summed E-state index contributed by atoms with van der Waals surface area (Å²) in [4.78, 5) is 11.0. The van der Waals surface area contributed by atoms with E-state index < -0.39 is 27.3 Å². The SMILES string of the molecule is Cc1cc(O)c(C(=O)O)cc1S(=O)(=O)N1CC(C)C(C)C1. The van der Waals surface area contributed by atoms with Crippen LogP contribution in [0.1, 0.15) is 29.8 Å². The maximum atomic E-state index is 12.7. The summed E-state index contributed by atoms with van der Waals surface area (Å²) in [5, 5.41) is 18.6. The van der Waals surface area contributed by atoms with Gasteiger partial charge in [-0.15, -0.1) is 0 Å². The van der Waals surface area contributed by atoms with E-state index >= 15 is 0 Å². The fourth-order valence-electron chi connectivity index (χ4n) is 2.53. The Kier molecular flexibility index (Phi) is 3.99. The second-order valence-corrected chi connectivity index (χ2v) is 7.62. The second-order valence-electron chi connectivity index (χ2n) is 5.72. The smallest absolute Gasteiger partial charge is 0.339 e. The summed E-state index contributed by atoms with van der Waals surface area (Å²) in [7, 11) is -3.75. The Labute approximate surface area is 124 Å². The van der Waals surface area contributed by atoms with E-state index in [2.05, 4.69) is 0 Å². The van der Waals surface area contributed by atoms with Gasteiger partial charge >= 0.3 is 5.97 Å². The van der Waals surface area contributed by atoms with Crippen molar-refractivity contribution in [3.8, 4) is 5.75 Å². The van der Waals surface area contributed by atoms with Crippen LogP contribution in [0.4, 0.5) is 0 Å². The topological polar surface area (TPSA) is 94.9 Å². The minimum Gasteiger partial charge on any atom is -0.507 e. The van der Waals surface area contributed by atoms with Crippen molar-refractivity contribution in [3.05, 3.63) is 23.3 Å². The standard InChI is InChI=1S/C14H19NO5S/c1-8-4-12(16)11(14(17)18)5-13(8)21(19,20)15-6-9(2)10(3)7-15/h4-5,9-10,16H,6-7H2,1-3H3,(H,17,18). The van der Waals surface area contributed by atoms with Crippen molar-refractivity contribution in [2.24, 2.45) is 11.8 Å². The zero-order valence-electron chi connectivity index (χ0n) is 12.2. The number of aromatic hydroxyl groups is 1. The second kappa shape index (κ2) is 5.31. The first-order valence-corrected chi connectivity index (χ1v) is 8.15. The van der Waals surface area contributed by atoms with Crippen LogP contribution in [0.3, 0.4) is 0 Å². The zero-order valence-corrected chi connectivity index (χ0v) is 13.0. The maximum absolute atomic E-state index is 12.7. The van der Waals surface area contributed by atoms with Crippen molar-refractivity contribution >= 4 is 16.0 Å². The van der Waals surface area contributed by atoms with Crippen LogP contribution in [0.2, 0.25) is 0 Å². The Morgan fingerprint density at radius 3 is 2.24 bits per heavy atom. The van der Waals surface area contributed by atoms with Gasteiger partial charge < -0.3 is 10.2 Å². The molecular weight excluding hydrogens is 294 g/mol. The molecule has 2 unspecified atom stereocenters. The highest BCUT2D eigenvalue weighted by Crippen LogP contribution is 2.32. The number of phenols is 1. The lowest BCUT2D eigenvalue weighted by Crippen LogP contribution is -2.29. The van der Waals surface area contributed by atoms with Crippen LogP contribution in [0.25, 0.3) is 0 Å². The van der Waals surface area contributed by atoms with Crippen molar-refractivity contribution in [1.29, 1.82) is 0 Å². The van der Waals surface area contributed by atoms with Crippen LogP contribution in [0.5, 0.6) is 5.75 Å². The number of hydrogen-bond donors (Lipinski definition) is 2. The molecule has 1 heterocycles. The molecule has 1 saturated heterocycles. The number of benzene rings is 1. The largest absolute Gasteiger partial charge is 0.507 e. The number of aromatic carboxylic acids is 1. The molecule has 0 saturated carbocycles. The molecule has 1 aliphatic rings. The molecule has 0 amide bonds. The third-order valence-corrected chi connectivity index (χ3v) is 6.07. The molecule has 0 bridgehead atoms. The van der Waals surface area contributed by atoms with E-state index in [1.54, 1.807) is 6.92 Å². The molecule has 0 spiro atoms. The molecule has 0 aliphatic carbocycles. The molecule has 6 nitrogen and oxygen atoms in total. The first kappa shape index (κ1) is 15.8. The molecule has 1 aromatic carbocycles. The van der Waals surface area contributed by atoms with Gasteiger partial charge in [-0.2, -0.15) is 4.31 Å². The molecule has 1 fully saturated rings. The van der Waals surface area contributed by atoms with E-state index in [-0.39, 0.29) is 16.7 Å². The summed E-state index contributed by atoms with van der Waals surface area (Å²) in [5.41, 5.74) is -0.0656. The highest BCUT2D eigenvalue weighted by Gasteiger charge is 2.36. The van der Waals surface area contributed by atoms with Crippen LogP contribution < -0.4 is 0 Å². The Bertz CT molecular complexity index is 673. The monoisotopic (exact) mass is 313 g/mol. The lowest BCUT2D eigenvalue weighted by atomic mass is 10.0. The van der Waals surface area contributed by atoms with Gasteiger partial charge in [0.05, 0.1) is 4.90 Å². The number of nitrogens with zero attached hydrogens (tertiary/aromatic N) is 1. The van der Waals surface area contributed by atoms with Crippen molar-refractivity contribution in [2.75, 3.05) is 13.1 Å². The number of carbonyl (C=O) groups is 1. The van der Waals surface area contributed by atoms with E-state index in [0.717, 1.165) is 6.07 Å². The van der Waals surface area contributed by atoms with Gasteiger partial charge in [-0.05, 0) is 36.5 Å². The van der Waals surface area contributed by atoms with Crippen LogP contribution in [-0.2, 0) is 10.0 Å². The average Bonchev–Trinajstić information content (AvgIpc) is 2.69. The summed E-state index contributed by atoms with van der Waals surface area (Å²) in [6, 6.07) is 2.22. The van der Waals surface area contributed by atoms with E-state index in [0.29, 0.717) is 18.7 Å².